The van der Waals surface area contributed by atoms with Gasteiger partial charge in [-0.2, -0.15) is 0 Å². The van der Waals surface area contributed by atoms with E-state index in [1.807, 2.05) is 19.9 Å². The molecule has 6 heteroatoms. The van der Waals surface area contributed by atoms with Crippen LogP contribution < -0.4 is 4.74 Å². The van der Waals surface area contributed by atoms with Gasteiger partial charge in [0.15, 0.2) is 0 Å². The van der Waals surface area contributed by atoms with E-state index in [4.69, 9.17) is 4.74 Å². The van der Waals surface area contributed by atoms with E-state index in [-0.39, 0.29) is 11.5 Å². The lowest BCUT2D eigenvalue weighted by molar-refractivity contribution is 0.0690. The van der Waals surface area contributed by atoms with Crippen LogP contribution in [0.3, 0.4) is 0 Å². The number of pyridine rings is 1. The fraction of sp³-hybridized carbons (Fsp3) is 0.167. The zero-order valence-corrected chi connectivity index (χ0v) is 16.7. The van der Waals surface area contributed by atoms with Gasteiger partial charge in [-0.15, -0.1) is 0 Å². The number of aromatic carboxylic acids is 1. The van der Waals surface area contributed by atoms with Crippen LogP contribution in [0.25, 0.3) is 22.2 Å². The van der Waals surface area contributed by atoms with Crippen LogP contribution in [0.4, 0.5) is 4.39 Å². The molecule has 0 atom stereocenters. The van der Waals surface area contributed by atoms with Crippen molar-refractivity contribution in [3.05, 3.63) is 82.9 Å². The molecule has 4 rings (SSSR count). The molecule has 0 bridgehead atoms. The minimum atomic E-state index is -1.06. The lowest BCUT2D eigenvalue weighted by Gasteiger charge is -2.08. The Morgan fingerprint density at radius 1 is 1.17 bits per heavy atom. The number of fused-ring (bicyclic) bond motifs is 1. The standard InChI is InChI=1S/C24H21FN2O3/c1-3-30-22-13-21-18(11-14(22)2)19(12-17-5-4-6-20(26-17)24(28)29)23(27-21)15-7-9-16(25)10-8-15/h4-11,13,27H,3,12H2,1-2H3,(H,28,29). The zero-order chi connectivity index (χ0) is 21.3. The van der Waals surface area contributed by atoms with Crippen LogP contribution in [0.5, 0.6) is 5.75 Å². The first kappa shape index (κ1) is 19.6. The summed E-state index contributed by atoms with van der Waals surface area (Å²) in [7, 11) is 0. The fourth-order valence-corrected chi connectivity index (χ4v) is 3.62. The van der Waals surface area contributed by atoms with Crippen molar-refractivity contribution in [1.82, 2.24) is 9.97 Å². The highest BCUT2D eigenvalue weighted by molar-refractivity contribution is 5.93. The van der Waals surface area contributed by atoms with Gasteiger partial charge in [0.25, 0.3) is 0 Å². The number of carboxylic acids is 1. The summed E-state index contributed by atoms with van der Waals surface area (Å²) in [4.78, 5) is 19.0. The minimum absolute atomic E-state index is 0.00508. The van der Waals surface area contributed by atoms with Gasteiger partial charge in [0.2, 0.25) is 0 Å². The third-order valence-corrected chi connectivity index (χ3v) is 5.02. The Hall–Kier alpha value is -3.67. The molecule has 0 radical (unpaired) electrons. The molecule has 0 amide bonds. The molecule has 2 N–H and O–H groups in total. The third-order valence-electron chi connectivity index (χ3n) is 5.02. The number of rotatable bonds is 6. The molecular weight excluding hydrogens is 383 g/mol. The summed E-state index contributed by atoms with van der Waals surface area (Å²) in [6, 6.07) is 15.3. The second-order valence-electron chi connectivity index (χ2n) is 7.08. The second-order valence-corrected chi connectivity index (χ2v) is 7.08. The second kappa shape index (κ2) is 7.99. The highest BCUT2D eigenvalue weighted by Crippen LogP contribution is 2.35. The molecule has 2 aromatic carbocycles. The molecule has 0 saturated carbocycles. The van der Waals surface area contributed by atoms with Crippen LogP contribution in [-0.4, -0.2) is 27.7 Å². The number of nitrogens with one attached hydrogen (secondary N) is 1. The van der Waals surface area contributed by atoms with Crippen molar-refractivity contribution in [2.24, 2.45) is 0 Å². The van der Waals surface area contributed by atoms with Crippen molar-refractivity contribution in [1.29, 1.82) is 0 Å². The van der Waals surface area contributed by atoms with E-state index in [1.165, 1.54) is 18.2 Å². The lowest BCUT2D eigenvalue weighted by Crippen LogP contribution is -2.03. The maximum Gasteiger partial charge on any atom is 0.354 e. The first-order chi connectivity index (χ1) is 14.5. The molecule has 0 fully saturated rings. The number of hydrogen-bond donors (Lipinski definition) is 2. The summed E-state index contributed by atoms with van der Waals surface area (Å²) in [6.07, 6.45) is 0.432. The molecule has 5 nitrogen and oxygen atoms in total. The normalized spacial score (nSPS) is 11.0. The summed E-state index contributed by atoms with van der Waals surface area (Å²) in [5, 5.41) is 10.3. The number of carbonyl (C=O) groups is 1. The van der Waals surface area contributed by atoms with E-state index in [0.717, 1.165) is 39.0 Å². The van der Waals surface area contributed by atoms with Crippen molar-refractivity contribution >= 4 is 16.9 Å². The van der Waals surface area contributed by atoms with Crippen LogP contribution >= 0.6 is 0 Å². The van der Waals surface area contributed by atoms with Gasteiger partial charge in [-0.05, 0) is 73.0 Å². The average Bonchev–Trinajstić information content (AvgIpc) is 3.06. The number of carboxylic acid groups (broad SMARTS) is 1. The Bertz CT molecular complexity index is 1230. The molecule has 0 unspecified atom stereocenters. The SMILES string of the molecule is CCOc1cc2[nH]c(-c3ccc(F)cc3)c(Cc3cccc(C(=O)O)n3)c2cc1C. The molecule has 2 aromatic heterocycles. The third kappa shape index (κ3) is 3.76. The average molecular weight is 404 g/mol. The number of benzene rings is 2. The fourth-order valence-electron chi connectivity index (χ4n) is 3.62. The van der Waals surface area contributed by atoms with Gasteiger partial charge in [0.1, 0.15) is 17.3 Å². The van der Waals surface area contributed by atoms with Crippen LogP contribution in [0, 0.1) is 12.7 Å². The van der Waals surface area contributed by atoms with Gasteiger partial charge in [0, 0.05) is 29.1 Å². The Labute approximate surface area is 173 Å². The van der Waals surface area contributed by atoms with E-state index in [9.17, 15) is 14.3 Å². The predicted octanol–water partition coefficient (Wildman–Crippen LogP) is 5.37. The summed E-state index contributed by atoms with van der Waals surface area (Å²) in [6.45, 7) is 4.49. The smallest absolute Gasteiger partial charge is 0.354 e. The number of halogens is 1. The molecule has 4 aromatic rings. The molecule has 0 saturated heterocycles. The summed E-state index contributed by atoms with van der Waals surface area (Å²) in [5.41, 5.74) is 5.21. The quantitative estimate of drug-likeness (QED) is 0.453. The number of aromatic nitrogens is 2. The Balaban J connectivity index is 1.89. The summed E-state index contributed by atoms with van der Waals surface area (Å²) in [5.74, 6) is -0.567. The topological polar surface area (TPSA) is 75.2 Å². The van der Waals surface area contributed by atoms with E-state index in [0.29, 0.717) is 18.7 Å². The molecule has 0 aliphatic rings. The number of aromatic amines is 1. The van der Waals surface area contributed by atoms with Crippen LogP contribution in [-0.2, 0) is 6.42 Å². The molecule has 30 heavy (non-hydrogen) atoms. The van der Waals surface area contributed by atoms with Crippen molar-refractivity contribution < 1.29 is 19.0 Å². The Morgan fingerprint density at radius 2 is 1.93 bits per heavy atom. The van der Waals surface area contributed by atoms with E-state index >= 15 is 0 Å². The van der Waals surface area contributed by atoms with Gasteiger partial charge in [-0.25, -0.2) is 14.2 Å². The number of H-pyrrole nitrogens is 1. The zero-order valence-electron chi connectivity index (χ0n) is 16.7. The first-order valence-electron chi connectivity index (χ1n) is 9.69. The predicted molar refractivity (Wildman–Crippen MR) is 114 cm³/mol. The summed E-state index contributed by atoms with van der Waals surface area (Å²) < 4.78 is 19.2. The maximum absolute atomic E-state index is 13.5. The Morgan fingerprint density at radius 3 is 2.63 bits per heavy atom. The maximum atomic E-state index is 13.5. The number of nitrogens with zero attached hydrogens (tertiary/aromatic N) is 1. The first-order valence-corrected chi connectivity index (χ1v) is 9.69. The van der Waals surface area contributed by atoms with Gasteiger partial charge in [0.05, 0.1) is 12.3 Å². The van der Waals surface area contributed by atoms with E-state index < -0.39 is 5.97 Å². The molecule has 0 spiro atoms. The van der Waals surface area contributed by atoms with Crippen molar-refractivity contribution in [3.63, 3.8) is 0 Å². The van der Waals surface area contributed by atoms with Crippen molar-refractivity contribution in [2.75, 3.05) is 6.61 Å². The highest BCUT2D eigenvalue weighted by Gasteiger charge is 2.17. The number of ether oxygens (including phenoxy) is 1. The largest absolute Gasteiger partial charge is 0.494 e. The van der Waals surface area contributed by atoms with Crippen LogP contribution in [0.2, 0.25) is 0 Å². The minimum Gasteiger partial charge on any atom is -0.494 e. The van der Waals surface area contributed by atoms with Crippen molar-refractivity contribution in [3.8, 4) is 17.0 Å². The molecule has 152 valence electrons. The van der Waals surface area contributed by atoms with E-state index in [1.54, 1.807) is 24.3 Å². The Kier molecular flexibility index (Phi) is 5.23. The lowest BCUT2D eigenvalue weighted by atomic mass is 9.99. The monoisotopic (exact) mass is 404 g/mol. The molecule has 0 aliphatic carbocycles. The van der Waals surface area contributed by atoms with Crippen LogP contribution in [0.15, 0.2) is 54.6 Å². The number of aryl methyl sites for hydroxylation is 1. The molecule has 0 aliphatic heterocycles. The van der Waals surface area contributed by atoms with Gasteiger partial charge in [-0.3, -0.25) is 0 Å². The highest BCUT2D eigenvalue weighted by atomic mass is 19.1. The molecule has 2 heterocycles. The number of hydrogen-bond acceptors (Lipinski definition) is 3. The van der Waals surface area contributed by atoms with Gasteiger partial charge < -0.3 is 14.8 Å². The summed E-state index contributed by atoms with van der Waals surface area (Å²) >= 11 is 0. The van der Waals surface area contributed by atoms with Gasteiger partial charge in [-0.1, -0.05) is 6.07 Å². The van der Waals surface area contributed by atoms with Crippen LogP contribution in [0.1, 0.15) is 34.2 Å². The van der Waals surface area contributed by atoms with E-state index in [2.05, 4.69) is 16.0 Å². The molecular formula is C24H21FN2O3. The van der Waals surface area contributed by atoms with Crippen molar-refractivity contribution in [2.45, 2.75) is 20.3 Å². The van der Waals surface area contributed by atoms with Gasteiger partial charge >= 0.3 is 5.97 Å².